The van der Waals surface area contributed by atoms with Crippen LogP contribution in [0.1, 0.15) is 11.1 Å². The van der Waals surface area contributed by atoms with Gasteiger partial charge in [-0.2, -0.15) is 26.3 Å². The Morgan fingerprint density at radius 1 is 0.423 bits per heavy atom. The molecule has 0 atom stereocenters. The first-order valence-electron chi connectivity index (χ1n) is 7.60. The highest BCUT2D eigenvalue weighted by Gasteiger charge is 2.31. The molecule has 0 N–H and O–H groups in total. The maximum atomic E-state index is 12.8. The van der Waals surface area contributed by atoms with Gasteiger partial charge in [-0.25, -0.2) is 0 Å². The second kappa shape index (κ2) is 6.52. The molecule has 0 aromatic heterocycles. The Labute approximate surface area is 145 Å². The molecule has 0 aliphatic carbocycles. The zero-order valence-electron chi connectivity index (χ0n) is 13.2. The number of alkyl halides is 6. The summed E-state index contributed by atoms with van der Waals surface area (Å²) in [4.78, 5) is 0. The summed E-state index contributed by atoms with van der Waals surface area (Å²) in [7, 11) is 0. The van der Waals surface area contributed by atoms with Crippen molar-refractivity contribution >= 4 is 0 Å². The predicted octanol–water partition coefficient (Wildman–Crippen LogP) is 7.06. The molecule has 0 saturated carbocycles. The molecule has 134 valence electrons. The summed E-state index contributed by atoms with van der Waals surface area (Å²) < 4.78 is 76.2. The number of hydrogen-bond donors (Lipinski definition) is 0. The molecule has 26 heavy (non-hydrogen) atoms. The van der Waals surface area contributed by atoms with E-state index in [1.165, 1.54) is 18.2 Å². The smallest absolute Gasteiger partial charge is 0.166 e. The van der Waals surface area contributed by atoms with Crippen molar-refractivity contribution in [3.05, 3.63) is 83.9 Å². The molecule has 0 nitrogen and oxygen atoms in total. The molecule has 3 rings (SSSR count). The van der Waals surface area contributed by atoms with E-state index < -0.39 is 23.5 Å². The Bertz CT molecular complexity index is 887. The largest absolute Gasteiger partial charge is 0.416 e. The van der Waals surface area contributed by atoms with Crippen LogP contribution in [0.3, 0.4) is 0 Å². The average molecular weight is 366 g/mol. The lowest BCUT2D eigenvalue weighted by molar-refractivity contribution is -0.138. The topological polar surface area (TPSA) is 0 Å². The maximum absolute atomic E-state index is 12.8. The third-order valence-corrected chi connectivity index (χ3v) is 3.95. The normalized spacial score (nSPS) is 12.2. The number of rotatable bonds is 2. The van der Waals surface area contributed by atoms with E-state index >= 15 is 0 Å². The fourth-order valence-electron chi connectivity index (χ4n) is 2.58. The molecule has 6 heteroatoms. The standard InChI is InChI=1S/C20H12F6/c21-19(22,23)17-10-8-14(9-11-17)13-4-6-15(7-5-13)16-2-1-3-18(12-16)20(24,25)26/h1-12H. The van der Waals surface area contributed by atoms with Gasteiger partial charge in [0, 0.05) is 0 Å². The lowest BCUT2D eigenvalue weighted by atomic mass is 9.98. The first-order valence-corrected chi connectivity index (χ1v) is 7.60. The van der Waals surface area contributed by atoms with Crippen LogP contribution in [0, 0.1) is 0 Å². The van der Waals surface area contributed by atoms with Gasteiger partial charge in [-0.15, -0.1) is 0 Å². The Morgan fingerprint density at radius 3 is 1.31 bits per heavy atom. The van der Waals surface area contributed by atoms with E-state index in [1.54, 1.807) is 30.3 Å². The summed E-state index contributed by atoms with van der Waals surface area (Å²) in [6.45, 7) is 0. The fourth-order valence-corrected chi connectivity index (χ4v) is 2.58. The van der Waals surface area contributed by atoms with Crippen molar-refractivity contribution < 1.29 is 26.3 Å². The first-order chi connectivity index (χ1) is 12.1. The van der Waals surface area contributed by atoms with E-state index in [1.807, 2.05) is 0 Å². The number of benzene rings is 3. The van der Waals surface area contributed by atoms with Gasteiger partial charge in [0.05, 0.1) is 11.1 Å². The highest BCUT2D eigenvalue weighted by Crippen LogP contribution is 2.34. The Balaban J connectivity index is 1.87. The van der Waals surface area contributed by atoms with Gasteiger partial charge >= 0.3 is 12.4 Å². The molecule has 3 aromatic rings. The molecular formula is C20H12F6. The van der Waals surface area contributed by atoms with E-state index in [2.05, 4.69) is 0 Å². The van der Waals surface area contributed by atoms with E-state index in [-0.39, 0.29) is 0 Å². The lowest BCUT2D eigenvalue weighted by Crippen LogP contribution is -2.04. The zero-order chi connectivity index (χ0) is 18.9. The fraction of sp³-hybridized carbons (Fsp3) is 0.100. The molecule has 0 spiro atoms. The van der Waals surface area contributed by atoms with Crippen LogP contribution in [0.15, 0.2) is 72.8 Å². The highest BCUT2D eigenvalue weighted by atomic mass is 19.4. The molecule has 0 radical (unpaired) electrons. The molecule has 0 aliphatic heterocycles. The molecule has 0 unspecified atom stereocenters. The van der Waals surface area contributed by atoms with Crippen molar-refractivity contribution in [2.75, 3.05) is 0 Å². The third kappa shape index (κ3) is 3.90. The van der Waals surface area contributed by atoms with Crippen LogP contribution in [0.5, 0.6) is 0 Å². The predicted molar refractivity (Wildman–Crippen MR) is 87.3 cm³/mol. The van der Waals surface area contributed by atoms with E-state index in [9.17, 15) is 26.3 Å². The van der Waals surface area contributed by atoms with Gasteiger partial charge in [0.15, 0.2) is 0 Å². The van der Waals surface area contributed by atoms with Crippen LogP contribution in [0.2, 0.25) is 0 Å². The minimum Gasteiger partial charge on any atom is -0.166 e. The molecule has 0 aliphatic rings. The van der Waals surface area contributed by atoms with Gasteiger partial charge in [0.1, 0.15) is 0 Å². The van der Waals surface area contributed by atoms with Crippen LogP contribution in [-0.2, 0) is 12.4 Å². The zero-order valence-corrected chi connectivity index (χ0v) is 13.2. The van der Waals surface area contributed by atoms with Crippen molar-refractivity contribution in [1.29, 1.82) is 0 Å². The summed E-state index contributed by atoms with van der Waals surface area (Å²) in [6.07, 6.45) is -8.82. The molecular weight excluding hydrogens is 354 g/mol. The average Bonchev–Trinajstić information content (AvgIpc) is 2.61. The van der Waals surface area contributed by atoms with E-state index in [4.69, 9.17) is 0 Å². The van der Waals surface area contributed by atoms with Crippen LogP contribution in [0.4, 0.5) is 26.3 Å². The summed E-state index contributed by atoms with van der Waals surface area (Å²) in [6, 6.07) is 16.3. The van der Waals surface area contributed by atoms with Crippen LogP contribution in [0.25, 0.3) is 22.3 Å². The minimum absolute atomic E-state index is 0.416. The Morgan fingerprint density at radius 2 is 0.846 bits per heavy atom. The Hall–Kier alpha value is -2.76. The monoisotopic (exact) mass is 366 g/mol. The van der Waals surface area contributed by atoms with Crippen LogP contribution < -0.4 is 0 Å². The van der Waals surface area contributed by atoms with Crippen molar-refractivity contribution in [1.82, 2.24) is 0 Å². The van der Waals surface area contributed by atoms with Gasteiger partial charge in [0.25, 0.3) is 0 Å². The quantitative estimate of drug-likeness (QED) is 0.426. The van der Waals surface area contributed by atoms with Gasteiger partial charge in [-0.1, -0.05) is 48.5 Å². The number of halogens is 6. The second-order valence-corrected chi connectivity index (χ2v) is 5.73. The van der Waals surface area contributed by atoms with Crippen LogP contribution >= 0.6 is 0 Å². The highest BCUT2D eigenvalue weighted by molar-refractivity contribution is 5.71. The molecule has 0 heterocycles. The summed E-state index contributed by atoms with van der Waals surface area (Å²) in [5.41, 5.74) is 0.803. The first kappa shape index (κ1) is 18.0. The van der Waals surface area contributed by atoms with Gasteiger partial charge < -0.3 is 0 Å². The van der Waals surface area contributed by atoms with Gasteiger partial charge in [0.2, 0.25) is 0 Å². The molecule has 0 saturated heterocycles. The SMILES string of the molecule is FC(F)(F)c1ccc(-c2ccc(-c3cccc(C(F)(F)F)c3)cc2)cc1. The van der Waals surface area contributed by atoms with Gasteiger partial charge in [-0.3, -0.25) is 0 Å². The Kier molecular flexibility index (Phi) is 4.52. The third-order valence-electron chi connectivity index (χ3n) is 3.95. The summed E-state index contributed by atoms with van der Waals surface area (Å²) in [5.74, 6) is 0. The van der Waals surface area contributed by atoms with Crippen molar-refractivity contribution in [2.45, 2.75) is 12.4 Å². The van der Waals surface area contributed by atoms with Gasteiger partial charge in [-0.05, 0) is 46.5 Å². The molecule has 3 aromatic carbocycles. The lowest BCUT2D eigenvalue weighted by Gasteiger charge is -2.10. The molecule has 0 amide bonds. The second-order valence-electron chi connectivity index (χ2n) is 5.73. The van der Waals surface area contributed by atoms with Crippen molar-refractivity contribution in [3.63, 3.8) is 0 Å². The van der Waals surface area contributed by atoms with Crippen molar-refractivity contribution in [3.8, 4) is 22.3 Å². The van der Waals surface area contributed by atoms with Crippen molar-refractivity contribution in [2.24, 2.45) is 0 Å². The van der Waals surface area contributed by atoms with E-state index in [0.29, 0.717) is 22.3 Å². The molecule has 0 fully saturated rings. The minimum atomic E-state index is -4.42. The maximum Gasteiger partial charge on any atom is 0.416 e. The van der Waals surface area contributed by atoms with Crippen LogP contribution in [-0.4, -0.2) is 0 Å². The molecule has 0 bridgehead atoms. The number of hydrogen-bond acceptors (Lipinski definition) is 0. The van der Waals surface area contributed by atoms with E-state index in [0.717, 1.165) is 24.3 Å². The summed E-state index contributed by atoms with van der Waals surface area (Å²) in [5, 5.41) is 0. The summed E-state index contributed by atoms with van der Waals surface area (Å²) >= 11 is 0.